The lowest BCUT2D eigenvalue weighted by atomic mass is 10.4. The molecule has 0 rings (SSSR count). The summed E-state index contributed by atoms with van der Waals surface area (Å²) in [6.07, 6.45) is 4.79. The Bertz CT molecular complexity index is 176. The summed E-state index contributed by atoms with van der Waals surface area (Å²) >= 11 is 2.40. The molecule has 0 saturated carbocycles. The second kappa shape index (κ2) is 10.5. The van der Waals surface area contributed by atoms with Gasteiger partial charge in [-0.15, -0.1) is 8.80 Å². The SMILES string of the molecule is O=C=NSCCCCSN=C=O. The Balaban J connectivity index is 3.00. The molecule has 0 saturated heterocycles. The summed E-state index contributed by atoms with van der Waals surface area (Å²) in [7, 11) is 0. The average molecular weight is 204 g/mol. The summed E-state index contributed by atoms with van der Waals surface area (Å²) in [5, 5.41) is 0. The Morgan fingerprint density at radius 2 is 1.33 bits per heavy atom. The predicted octanol–water partition coefficient (Wildman–Crippen LogP) is 1.73. The van der Waals surface area contributed by atoms with Gasteiger partial charge in [0.05, 0.1) is 0 Å². The maximum absolute atomic E-state index is 9.60. The van der Waals surface area contributed by atoms with Gasteiger partial charge in [0.1, 0.15) is 0 Å². The molecule has 0 aromatic rings. The Hall–Kier alpha value is -0.540. The Morgan fingerprint density at radius 1 is 0.917 bits per heavy atom. The molecule has 4 nitrogen and oxygen atoms in total. The summed E-state index contributed by atoms with van der Waals surface area (Å²) in [4.78, 5) is 19.2. The molecule has 0 aromatic heterocycles. The Morgan fingerprint density at radius 3 is 1.67 bits per heavy atom. The van der Waals surface area contributed by atoms with E-state index in [1.807, 2.05) is 0 Å². The van der Waals surface area contributed by atoms with Gasteiger partial charge in [-0.1, -0.05) is 0 Å². The van der Waals surface area contributed by atoms with Crippen molar-refractivity contribution < 1.29 is 9.59 Å². The predicted molar refractivity (Wildman–Crippen MR) is 50.4 cm³/mol. The molecule has 12 heavy (non-hydrogen) atoms. The third kappa shape index (κ3) is 9.46. The van der Waals surface area contributed by atoms with Gasteiger partial charge in [0.25, 0.3) is 0 Å². The highest BCUT2D eigenvalue weighted by Crippen LogP contribution is 2.08. The van der Waals surface area contributed by atoms with Crippen molar-refractivity contribution in [1.29, 1.82) is 0 Å². The smallest absolute Gasteiger partial charge is 0.210 e. The van der Waals surface area contributed by atoms with E-state index >= 15 is 0 Å². The van der Waals surface area contributed by atoms with Crippen LogP contribution >= 0.6 is 23.9 Å². The van der Waals surface area contributed by atoms with Crippen LogP contribution in [-0.2, 0) is 9.59 Å². The Labute approximate surface area is 79.2 Å². The molecule has 0 amide bonds. The third-order valence-corrected chi connectivity index (χ3v) is 2.27. The van der Waals surface area contributed by atoms with E-state index in [9.17, 15) is 9.59 Å². The van der Waals surface area contributed by atoms with E-state index in [0.717, 1.165) is 24.3 Å². The van der Waals surface area contributed by atoms with Crippen molar-refractivity contribution in [3.8, 4) is 0 Å². The van der Waals surface area contributed by atoms with E-state index in [0.29, 0.717) is 0 Å². The van der Waals surface area contributed by atoms with Gasteiger partial charge in [-0.3, -0.25) is 0 Å². The first kappa shape index (κ1) is 11.5. The van der Waals surface area contributed by atoms with Gasteiger partial charge in [0.15, 0.2) is 0 Å². The molecular formula is C6H8N2O2S2. The van der Waals surface area contributed by atoms with Crippen LogP contribution in [0.1, 0.15) is 12.8 Å². The minimum Gasteiger partial charge on any atom is -0.210 e. The summed E-state index contributed by atoms with van der Waals surface area (Å²) in [6.45, 7) is 0. The molecule has 6 heteroatoms. The molecule has 66 valence electrons. The van der Waals surface area contributed by atoms with Crippen LogP contribution in [0.3, 0.4) is 0 Å². The fourth-order valence-corrected chi connectivity index (χ4v) is 1.43. The number of isocyanates is 2. The molecule has 0 aromatic carbocycles. The minimum atomic E-state index is 0.806. The second-order valence-electron chi connectivity index (χ2n) is 1.74. The Kier molecular flexibility index (Phi) is 9.99. The van der Waals surface area contributed by atoms with Gasteiger partial charge in [0.2, 0.25) is 12.2 Å². The van der Waals surface area contributed by atoms with Crippen molar-refractivity contribution >= 4 is 36.1 Å². The van der Waals surface area contributed by atoms with E-state index in [1.165, 1.54) is 36.1 Å². The summed E-state index contributed by atoms with van der Waals surface area (Å²) in [6, 6.07) is 0. The average Bonchev–Trinajstić information content (AvgIpc) is 2.10. The van der Waals surface area contributed by atoms with Crippen molar-refractivity contribution in [3.05, 3.63) is 0 Å². The van der Waals surface area contributed by atoms with Crippen LogP contribution in [0.4, 0.5) is 0 Å². The van der Waals surface area contributed by atoms with Crippen LogP contribution in [0.2, 0.25) is 0 Å². The van der Waals surface area contributed by atoms with E-state index < -0.39 is 0 Å². The van der Waals surface area contributed by atoms with E-state index in [4.69, 9.17) is 0 Å². The first-order valence-electron chi connectivity index (χ1n) is 3.30. The van der Waals surface area contributed by atoms with Gasteiger partial charge < -0.3 is 0 Å². The zero-order valence-corrected chi connectivity index (χ0v) is 7.99. The van der Waals surface area contributed by atoms with Crippen LogP contribution in [0, 0.1) is 0 Å². The summed E-state index contributed by atoms with van der Waals surface area (Å²) in [5.74, 6) is 1.61. The molecule has 0 aliphatic carbocycles. The van der Waals surface area contributed by atoms with Crippen molar-refractivity contribution in [2.45, 2.75) is 12.8 Å². The lowest BCUT2D eigenvalue weighted by Gasteiger charge is -1.92. The van der Waals surface area contributed by atoms with Crippen LogP contribution < -0.4 is 0 Å². The number of rotatable bonds is 7. The maximum Gasteiger partial charge on any atom is 0.247 e. The zero-order valence-electron chi connectivity index (χ0n) is 6.36. The number of unbranched alkanes of at least 4 members (excludes halogenated alkanes) is 1. The molecule has 0 fully saturated rings. The summed E-state index contributed by atoms with van der Waals surface area (Å²) < 4.78 is 6.65. The highest BCUT2D eigenvalue weighted by atomic mass is 32.2. The molecular weight excluding hydrogens is 196 g/mol. The number of carbonyl (C=O) groups excluding carboxylic acids is 2. The highest BCUT2D eigenvalue weighted by molar-refractivity contribution is 7.98. The molecule has 0 aliphatic heterocycles. The molecule has 0 spiro atoms. The first-order chi connectivity index (χ1) is 5.91. The van der Waals surface area contributed by atoms with Crippen LogP contribution in [0.5, 0.6) is 0 Å². The number of nitrogens with zero attached hydrogens (tertiary/aromatic N) is 2. The lowest BCUT2D eigenvalue weighted by Crippen LogP contribution is -1.80. The molecule has 0 N–H and O–H groups in total. The first-order valence-corrected chi connectivity index (χ1v) is 5.18. The standard InChI is InChI=1S/C6H8N2O2S2/c9-5-7-11-3-1-2-4-12-8-6-10/h1-4H2. The molecule has 0 aliphatic rings. The normalized spacial score (nSPS) is 8.33. The largest absolute Gasteiger partial charge is 0.247 e. The van der Waals surface area contributed by atoms with Crippen LogP contribution in [0.25, 0.3) is 0 Å². The van der Waals surface area contributed by atoms with Crippen molar-refractivity contribution in [2.24, 2.45) is 8.80 Å². The van der Waals surface area contributed by atoms with Gasteiger partial charge in [-0.2, -0.15) is 0 Å². The second-order valence-corrected chi connectivity index (χ2v) is 3.44. The fraction of sp³-hybridized carbons (Fsp3) is 0.667. The van der Waals surface area contributed by atoms with Crippen molar-refractivity contribution in [2.75, 3.05) is 11.5 Å². The van der Waals surface area contributed by atoms with E-state index in [1.54, 1.807) is 0 Å². The van der Waals surface area contributed by atoms with Gasteiger partial charge in [-0.05, 0) is 36.7 Å². The van der Waals surface area contributed by atoms with Crippen LogP contribution in [-0.4, -0.2) is 23.7 Å². The number of hydrogen-bond donors (Lipinski definition) is 0. The van der Waals surface area contributed by atoms with Gasteiger partial charge in [-0.25, -0.2) is 9.59 Å². The quantitative estimate of drug-likeness (QED) is 0.274. The minimum absolute atomic E-state index is 0.806. The molecule has 0 atom stereocenters. The topological polar surface area (TPSA) is 58.9 Å². The highest BCUT2D eigenvalue weighted by Gasteiger charge is 1.89. The molecule has 0 heterocycles. The molecule has 0 unspecified atom stereocenters. The number of hydrogen-bond acceptors (Lipinski definition) is 6. The van der Waals surface area contributed by atoms with Gasteiger partial charge >= 0.3 is 0 Å². The molecule has 0 radical (unpaired) electrons. The zero-order chi connectivity index (χ0) is 9.07. The maximum atomic E-state index is 9.60. The van der Waals surface area contributed by atoms with Crippen LogP contribution in [0.15, 0.2) is 8.80 Å². The monoisotopic (exact) mass is 204 g/mol. The fourth-order valence-electron chi connectivity index (χ4n) is 0.477. The lowest BCUT2D eigenvalue weighted by molar-refractivity contribution is 0.565. The van der Waals surface area contributed by atoms with E-state index in [2.05, 4.69) is 8.80 Å². The molecule has 0 bridgehead atoms. The van der Waals surface area contributed by atoms with E-state index in [-0.39, 0.29) is 0 Å². The van der Waals surface area contributed by atoms with Crippen molar-refractivity contribution in [1.82, 2.24) is 0 Å². The third-order valence-electron chi connectivity index (χ3n) is 0.925. The van der Waals surface area contributed by atoms with Gasteiger partial charge in [0, 0.05) is 11.5 Å². The summed E-state index contributed by atoms with van der Waals surface area (Å²) in [5.41, 5.74) is 0. The van der Waals surface area contributed by atoms with Crippen molar-refractivity contribution in [3.63, 3.8) is 0 Å².